The van der Waals surface area contributed by atoms with Gasteiger partial charge < -0.3 is 5.32 Å². The van der Waals surface area contributed by atoms with Crippen LogP contribution in [-0.4, -0.2) is 11.5 Å². The standard InChI is InChI=1S/C16H20N2/c1-16(9-5-2-6-10-18-16)15-12-17-11-13-7-3-4-8-14(13)15/h3-4,7-8,11-12,18H,2,5-6,9-10H2,1H3. The zero-order valence-corrected chi connectivity index (χ0v) is 10.9. The van der Waals surface area contributed by atoms with Crippen molar-refractivity contribution < 1.29 is 0 Å². The Hall–Kier alpha value is -1.41. The highest BCUT2D eigenvalue weighted by Gasteiger charge is 2.28. The first-order valence-electron chi connectivity index (χ1n) is 6.88. The largest absolute Gasteiger partial charge is 0.308 e. The second kappa shape index (κ2) is 4.69. The molecule has 1 aliphatic heterocycles. The molecule has 1 atom stereocenters. The molecule has 3 rings (SSSR count). The Balaban J connectivity index is 2.12. The molecule has 1 aromatic heterocycles. The minimum atomic E-state index is 0.0738. The summed E-state index contributed by atoms with van der Waals surface area (Å²) in [6, 6.07) is 8.55. The molecule has 0 spiro atoms. The van der Waals surface area contributed by atoms with Crippen LogP contribution >= 0.6 is 0 Å². The molecule has 0 amide bonds. The van der Waals surface area contributed by atoms with Crippen LogP contribution < -0.4 is 5.32 Å². The maximum Gasteiger partial charge on any atom is 0.0427 e. The lowest BCUT2D eigenvalue weighted by molar-refractivity contribution is 0.361. The van der Waals surface area contributed by atoms with Gasteiger partial charge in [0.25, 0.3) is 0 Å². The van der Waals surface area contributed by atoms with Gasteiger partial charge in [-0.2, -0.15) is 0 Å². The maximum absolute atomic E-state index is 4.42. The van der Waals surface area contributed by atoms with Gasteiger partial charge >= 0.3 is 0 Å². The average Bonchev–Trinajstić information content (AvgIpc) is 2.64. The molecule has 2 heteroatoms. The monoisotopic (exact) mass is 240 g/mol. The molecule has 18 heavy (non-hydrogen) atoms. The molecule has 2 aromatic rings. The van der Waals surface area contributed by atoms with Crippen molar-refractivity contribution in [1.82, 2.24) is 10.3 Å². The lowest BCUT2D eigenvalue weighted by Gasteiger charge is -2.30. The fourth-order valence-corrected chi connectivity index (χ4v) is 3.02. The summed E-state index contributed by atoms with van der Waals surface area (Å²) in [6.45, 7) is 3.43. The van der Waals surface area contributed by atoms with Gasteiger partial charge in [0.2, 0.25) is 0 Å². The van der Waals surface area contributed by atoms with Crippen LogP contribution in [0.2, 0.25) is 0 Å². The molecule has 1 unspecified atom stereocenters. The third-order valence-corrected chi connectivity index (χ3v) is 4.13. The molecule has 0 bridgehead atoms. The number of hydrogen-bond acceptors (Lipinski definition) is 2. The van der Waals surface area contributed by atoms with Crippen LogP contribution in [0.15, 0.2) is 36.7 Å². The summed E-state index contributed by atoms with van der Waals surface area (Å²) < 4.78 is 0. The molecular formula is C16H20N2. The number of aromatic nitrogens is 1. The van der Waals surface area contributed by atoms with Crippen molar-refractivity contribution in [2.75, 3.05) is 6.54 Å². The van der Waals surface area contributed by atoms with Gasteiger partial charge in [-0.3, -0.25) is 4.98 Å². The summed E-state index contributed by atoms with van der Waals surface area (Å²) in [6.07, 6.45) is 9.11. The summed E-state index contributed by atoms with van der Waals surface area (Å²) in [5, 5.41) is 6.30. The lowest BCUT2D eigenvalue weighted by Crippen LogP contribution is -2.39. The van der Waals surface area contributed by atoms with Crippen LogP contribution in [0.3, 0.4) is 0 Å². The van der Waals surface area contributed by atoms with E-state index >= 15 is 0 Å². The molecule has 1 aromatic carbocycles. The number of nitrogens with zero attached hydrogens (tertiary/aromatic N) is 1. The highest BCUT2D eigenvalue weighted by molar-refractivity contribution is 5.85. The summed E-state index contributed by atoms with van der Waals surface area (Å²) in [5.41, 5.74) is 1.42. The van der Waals surface area contributed by atoms with Gasteiger partial charge in [-0.1, -0.05) is 37.1 Å². The normalized spacial score (nSPS) is 24.9. The number of fused-ring (bicyclic) bond motifs is 1. The van der Waals surface area contributed by atoms with E-state index in [2.05, 4.69) is 41.5 Å². The van der Waals surface area contributed by atoms with E-state index in [-0.39, 0.29) is 5.54 Å². The molecule has 1 aliphatic rings. The third-order valence-electron chi connectivity index (χ3n) is 4.13. The van der Waals surface area contributed by atoms with Crippen LogP contribution in [0, 0.1) is 0 Å². The second-order valence-corrected chi connectivity index (χ2v) is 5.48. The Morgan fingerprint density at radius 3 is 2.94 bits per heavy atom. The van der Waals surface area contributed by atoms with Crippen molar-refractivity contribution in [3.05, 3.63) is 42.2 Å². The van der Waals surface area contributed by atoms with E-state index in [1.54, 1.807) is 0 Å². The predicted octanol–water partition coefficient (Wildman–Crippen LogP) is 3.61. The van der Waals surface area contributed by atoms with E-state index in [1.807, 2.05) is 12.4 Å². The Bertz CT molecular complexity index is 534. The fraction of sp³-hybridized carbons (Fsp3) is 0.438. The highest BCUT2D eigenvalue weighted by Crippen LogP contribution is 2.33. The summed E-state index contributed by atoms with van der Waals surface area (Å²) in [5.74, 6) is 0. The van der Waals surface area contributed by atoms with Gasteiger partial charge in [-0.15, -0.1) is 0 Å². The molecule has 2 nitrogen and oxygen atoms in total. The summed E-state index contributed by atoms with van der Waals surface area (Å²) >= 11 is 0. The van der Waals surface area contributed by atoms with Crippen molar-refractivity contribution in [2.45, 2.75) is 38.1 Å². The van der Waals surface area contributed by atoms with Crippen LogP contribution in [-0.2, 0) is 5.54 Å². The van der Waals surface area contributed by atoms with Crippen molar-refractivity contribution in [3.63, 3.8) is 0 Å². The Kier molecular flexibility index (Phi) is 3.04. The SMILES string of the molecule is CC1(c2cncc3ccccc23)CCCCCN1. The first kappa shape index (κ1) is 11.7. The van der Waals surface area contributed by atoms with Crippen molar-refractivity contribution in [3.8, 4) is 0 Å². The second-order valence-electron chi connectivity index (χ2n) is 5.48. The zero-order valence-electron chi connectivity index (χ0n) is 10.9. The molecule has 0 saturated carbocycles. The smallest absolute Gasteiger partial charge is 0.0427 e. The predicted molar refractivity (Wildman–Crippen MR) is 75.6 cm³/mol. The van der Waals surface area contributed by atoms with Crippen LogP contribution in [0.5, 0.6) is 0 Å². The van der Waals surface area contributed by atoms with E-state index < -0.39 is 0 Å². The minimum Gasteiger partial charge on any atom is -0.308 e. The topological polar surface area (TPSA) is 24.9 Å². The van der Waals surface area contributed by atoms with E-state index in [9.17, 15) is 0 Å². The maximum atomic E-state index is 4.42. The van der Waals surface area contributed by atoms with Crippen LogP contribution in [0.4, 0.5) is 0 Å². The number of pyridine rings is 1. The number of nitrogens with one attached hydrogen (secondary N) is 1. The number of rotatable bonds is 1. The third kappa shape index (κ3) is 2.01. The van der Waals surface area contributed by atoms with Crippen molar-refractivity contribution in [2.24, 2.45) is 0 Å². The van der Waals surface area contributed by atoms with Gasteiger partial charge in [-0.05, 0) is 37.3 Å². The zero-order chi connectivity index (χ0) is 12.4. The first-order chi connectivity index (χ1) is 8.80. The van der Waals surface area contributed by atoms with Crippen molar-refractivity contribution in [1.29, 1.82) is 0 Å². The van der Waals surface area contributed by atoms with Crippen LogP contribution in [0.25, 0.3) is 10.8 Å². The molecule has 1 saturated heterocycles. The quantitative estimate of drug-likeness (QED) is 0.823. The Morgan fingerprint density at radius 2 is 2.00 bits per heavy atom. The molecular weight excluding hydrogens is 220 g/mol. The van der Waals surface area contributed by atoms with E-state index in [4.69, 9.17) is 0 Å². The van der Waals surface area contributed by atoms with Gasteiger partial charge in [0.05, 0.1) is 0 Å². The Labute approximate surface area is 108 Å². The molecule has 0 aliphatic carbocycles. The van der Waals surface area contributed by atoms with Crippen molar-refractivity contribution >= 4 is 10.8 Å². The van der Waals surface area contributed by atoms with Crippen LogP contribution in [0.1, 0.15) is 38.2 Å². The highest BCUT2D eigenvalue weighted by atomic mass is 15.0. The average molecular weight is 240 g/mol. The molecule has 1 fully saturated rings. The minimum absolute atomic E-state index is 0.0738. The van der Waals surface area contributed by atoms with Gasteiger partial charge in [0.15, 0.2) is 0 Å². The van der Waals surface area contributed by atoms with Gasteiger partial charge in [0.1, 0.15) is 0 Å². The molecule has 0 radical (unpaired) electrons. The van der Waals surface area contributed by atoms with Gasteiger partial charge in [0, 0.05) is 23.3 Å². The number of hydrogen-bond donors (Lipinski definition) is 1. The summed E-state index contributed by atoms with van der Waals surface area (Å²) in [4.78, 5) is 4.42. The molecule has 94 valence electrons. The van der Waals surface area contributed by atoms with Gasteiger partial charge in [-0.25, -0.2) is 0 Å². The number of benzene rings is 1. The van der Waals surface area contributed by atoms with E-state index in [0.29, 0.717) is 0 Å². The fourth-order valence-electron chi connectivity index (χ4n) is 3.02. The summed E-state index contributed by atoms with van der Waals surface area (Å²) in [7, 11) is 0. The molecule has 1 N–H and O–H groups in total. The molecule has 2 heterocycles. The van der Waals surface area contributed by atoms with E-state index in [1.165, 1.54) is 42.0 Å². The Morgan fingerprint density at radius 1 is 1.11 bits per heavy atom. The first-order valence-corrected chi connectivity index (χ1v) is 6.88. The lowest BCUT2D eigenvalue weighted by atomic mass is 9.86. The van der Waals surface area contributed by atoms with E-state index in [0.717, 1.165) is 6.54 Å².